The molecule has 4 rings (SSSR count). The van der Waals surface area contributed by atoms with Gasteiger partial charge in [0.15, 0.2) is 5.69 Å². The summed E-state index contributed by atoms with van der Waals surface area (Å²) in [5, 5.41) is 8.11. The van der Waals surface area contributed by atoms with Gasteiger partial charge in [0.2, 0.25) is 0 Å². The molecule has 0 aliphatic carbocycles. The van der Waals surface area contributed by atoms with Crippen LogP contribution in [0.1, 0.15) is 10.5 Å². The fourth-order valence-corrected chi connectivity index (χ4v) is 2.95. The van der Waals surface area contributed by atoms with Crippen molar-refractivity contribution in [3.63, 3.8) is 0 Å². The van der Waals surface area contributed by atoms with Crippen LogP contribution >= 0.6 is 0 Å². The van der Waals surface area contributed by atoms with E-state index >= 15 is 0 Å². The van der Waals surface area contributed by atoms with Crippen molar-refractivity contribution in [1.29, 1.82) is 0 Å². The Hall–Kier alpha value is -3.22. The Balaban J connectivity index is 1.42. The Labute approximate surface area is 145 Å². The molecule has 0 radical (unpaired) electrons. The van der Waals surface area contributed by atoms with Gasteiger partial charge in [-0.05, 0) is 24.3 Å². The predicted octanol–water partition coefficient (Wildman–Crippen LogP) is 1.62. The number of hydrogen-bond acceptors (Lipinski definition) is 5. The number of nitrogens with zero attached hydrogens (tertiary/aromatic N) is 6. The molecule has 25 heavy (non-hydrogen) atoms. The molecule has 1 amide bonds. The van der Waals surface area contributed by atoms with Gasteiger partial charge in [-0.2, -0.15) is 0 Å². The van der Waals surface area contributed by atoms with Gasteiger partial charge in [0, 0.05) is 44.3 Å². The second-order valence-corrected chi connectivity index (χ2v) is 5.87. The van der Waals surface area contributed by atoms with Gasteiger partial charge in [-0.1, -0.05) is 23.4 Å². The molecule has 0 N–H and O–H groups in total. The van der Waals surface area contributed by atoms with E-state index in [1.807, 2.05) is 47.4 Å². The highest BCUT2D eigenvalue weighted by atomic mass is 16.2. The molecule has 3 aromatic rings. The average Bonchev–Trinajstić information content (AvgIpc) is 3.19. The standard InChI is InChI=1S/C18H18N6O/c25-18(17-14-24(21-20-17)16-4-2-1-3-5-16)23-12-10-22(11-13-23)15-6-8-19-9-7-15/h1-9,14H,10-13H2. The summed E-state index contributed by atoms with van der Waals surface area (Å²) in [5.74, 6) is -0.0726. The van der Waals surface area contributed by atoms with Crippen molar-refractivity contribution in [3.05, 3.63) is 66.7 Å². The van der Waals surface area contributed by atoms with Crippen LogP contribution in [0.3, 0.4) is 0 Å². The molecule has 126 valence electrons. The molecule has 0 bridgehead atoms. The van der Waals surface area contributed by atoms with E-state index in [1.165, 1.54) is 0 Å². The van der Waals surface area contributed by atoms with E-state index in [-0.39, 0.29) is 5.91 Å². The summed E-state index contributed by atoms with van der Waals surface area (Å²) >= 11 is 0. The lowest BCUT2D eigenvalue weighted by molar-refractivity contribution is 0.0741. The van der Waals surface area contributed by atoms with Crippen LogP contribution in [0.2, 0.25) is 0 Å². The maximum absolute atomic E-state index is 12.7. The Morgan fingerprint density at radius 1 is 0.880 bits per heavy atom. The number of benzene rings is 1. The summed E-state index contributed by atoms with van der Waals surface area (Å²) in [6.45, 7) is 2.92. The fraction of sp³-hybridized carbons (Fsp3) is 0.222. The number of para-hydroxylation sites is 1. The maximum atomic E-state index is 12.7. The Bertz CT molecular complexity index is 840. The summed E-state index contributed by atoms with van der Waals surface area (Å²) in [6.07, 6.45) is 5.26. The topological polar surface area (TPSA) is 67.2 Å². The van der Waals surface area contributed by atoms with E-state index in [0.29, 0.717) is 18.8 Å². The third-order valence-electron chi connectivity index (χ3n) is 4.33. The fourth-order valence-electron chi connectivity index (χ4n) is 2.95. The summed E-state index contributed by atoms with van der Waals surface area (Å²) in [7, 11) is 0. The van der Waals surface area contributed by atoms with Crippen LogP contribution in [-0.2, 0) is 0 Å². The zero-order chi connectivity index (χ0) is 17.1. The first-order valence-corrected chi connectivity index (χ1v) is 8.23. The van der Waals surface area contributed by atoms with Crippen molar-refractivity contribution in [2.45, 2.75) is 0 Å². The van der Waals surface area contributed by atoms with E-state index in [9.17, 15) is 4.79 Å². The second kappa shape index (κ2) is 6.72. The zero-order valence-electron chi connectivity index (χ0n) is 13.7. The van der Waals surface area contributed by atoms with Gasteiger partial charge >= 0.3 is 0 Å². The molecule has 0 spiro atoms. The van der Waals surface area contributed by atoms with E-state index in [4.69, 9.17) is 0 Å². The number of amides is 1. The third-order valence-corrected chi connectivity index (χ3v) is 4.33. The van der Waals surface area contributed by atoms with Crippen molar-refractivity contribution in [3.8, 4) is 5.69 Å². The molecule has 1 saturated heterocycles. The van der Waals surface area contributed by atoms with Gasteiger partial charge in [-0.25, -0.2) is 4.68 Å². The molecule has 7 nitrogen and oxygen atoms in total. The molecule has 1 aromatic carbocycles. The smallest absolute Gasteiger partial charge is 0.276 e. The summed E-state index contributed by atoms with van der Waals surface area (Å²) in [6, 6.07) is 13.6. The molecule has 0 atom stereocenters. The van der Waals surface area contributed by atoms with Gasteiger partial charge in [-0.15, -0.1) is 5.10 Å². The largest absolute Gasteiger partial charge is 0.368 e. The highest BCUT2D eigenvalue weighted by Crippen LogP contribution is 2.16. The number of pyridine rings is 1. The van der Waals surface area contributed by atoms with Gasteiger partial charge in [0.1, 0.15) is 0 Å². The summed E-state index contributed by atoms with van der Waals surface area (Å²) in [5.41, 5.74) is 2.40. The van der Waals surface area contributed by atoms with E-state index in [0.717, 1.165) is 24.5 Å². The van der Waals surface area contributed by atoms with Crippen LogP contribution < -0.4 is 4.90 Å². The monoisotopic (exact) mass is 334 g/mol. The van der Waals surface area contributed by atoms with Gasteiger partial charge < -0.3 is 9.80 Å². The summed E-state index contributed by atoms with van der Waals surface area (Å²) < 4.78 is 1.63. The van der Waals surface area contributed by atoms with Crippen LogP contribution in [0.4, 0.5) is 5.69 Å². The first-order valence-electron chi connectivity index (χ1n) is 8.23. The van der Waals surface area contributed by atoms with Crippen molar-refractivity contribution in [2.75, 3.05) is 31.1 Å². The Morgan fingerprint density at radius 2 is 1.60 bits per heavy atom. The van der Waals surface area contributed by atoms with Crippen molar-refractivity contribution in [1.82, 2.24) is 24.9 Å². The lowest BCUT2D eigenvalue weighted by Gasteiger charge is -2.35. The number of rotatable bonds is 3. The number of piperazine rings is 1. The lowest BCUT2D eigenvalue weighted by Crippen LogP contribution is -2.48. The normalized spacial score (nSPS) is 14.6. The molecular formula is C18H18N6O. The first-order chi connectivity index (χ1) is 12.3. The minimum absolute atomic E-state index is 0.0726. The minimum atomic E-state index is -0.0726. The predicted molar refractivity (Wildman–Crippen MR) is 93.7 cm³/mol. The molecule has 1 aliphatic rings. The Morgan fingerprint density at radius 3 is 2.32 bits per heavy atom. The van der Waals surface area contributed by atoms with Crippen LogP contribution in [0.5, 0.6) is 0 Å². The molecular weight excluding hydrogens is 316 g/mol. The van der Waals surface area contributed by atoms with Gasteiger partial charge in [0.25, 0.3) is 5.91 Å². The molecule has 7 heteroatoms. The number of carbonyl (C=O) groups excluding carboxylic acids is 1. The molecule has 3 heterocycles. The third kappa shape index (κ3) is 3.21. The second-order valence-electron chi connectivity index (χ2n) is 5.87. The van der Waals surface area contributed by atoms with E-state index in [2.05, 4.69) is 20.2 Å². The Kier molecular flexibility index (Phi) is 4.12. The molecule has 0 saturated carbocycles. The van der Waals surface area contributed by atoms with Crippen LogP contribution in [-0.4, -0.2) is 57.0 Å². The average molecular weight is 334 g/mol. The molecule has 1 fully saturated rings. The number of aromatic nitrogens is 4. The molecule has 1 aliphatic heterocycles. The number of anilines is 1. The van der Waals surface area contributed by atoms with E-state index in [1.54, 1.807) is 23.3 Å². The number of hydrogen-bond donors (Lipinski definition) is 0. The lowest BCUT2D eigenvalue weighted by atomic mass is 10.2. The molecule has 0 unspecified atom stereocenters. The van der Waals surface area contributed by atoms with Crippen LogP contribution in [0.15, 0.2) is 61.1 Å². The van der Waals surface area contributed by atoms with Crippen molar-refractivity contribution < 1.29 is 4.79 Å². The van der Waals surface area contributed by atoms with Crippen LogP contribution in [0.25, 0.3) is 5.69 Å². The SMILES string of the molecule is O=C(c1cn(-c2ccccc2)nn1)N1CCN(c2ccncc2)CC1. The zero-order valence-corrected chi connectivity index (χ0v) is 13.7. The first kappa shape index (κ1) is 15.3. The van der Waals surface area contributed by atoms with Crippen molar-refractivity contribution in [2.24, 2.45) is 0 Å². The number of carbonyl (C=O) groups is 1. The quantitative estimate of drug-likeness (QED) is 0.728. The molecule has 2 aromatic heterocycles. The maximum Gasteiger partial charge on any atom is 0.276 e. The van der Waals surface area contributed by atoms with Gasteiger partial charge in [0.05, 0.1) is 11.9 Å². The van der Waals surface area contributed by atoms with Crippen molar-refractivity contribution >= 4 is 11.6 Å². The van der Waals surface area contributed by atoms with Crippen LogP contribution in [0, 0.1) is 0 Å². The highest BCUT2D eigenvalue weighted by Gasteiger charge is 2.24. The minimum Gasteiger partial charge on any atom is -0.368 e. The highest BCUT2D eigenvalue weighted by molar-refractivity contribution is 5.92. The summed E-state index contributed by atoms with van der Waals surface area (Å²) in [4.78, 5) is 20.8. The van der Waals surface area contributed by atoms with Gasteiger partial charge in [-0.3, -0.25) is 9.78 Å². The van der Waals surface area contributed by atoms with E-state index < -0.39 is 0 Å².